The lowest BCUT2D eigenvalue weighted by Gasteiger charge is -2.18. The Morgan fingerprint density at radius 1 is 1.37 bits per heavy atom. The maximum atomic E-state index is 12.3. The Morgan fingerprint density at radius 3 is 2.85 bits per heavy atom. The van der Waals surface area contributed by atoms with Gasteiger partial charge in [-0.05, 0) is 37.3 Å². The molecule has 1 amide bonds. The summed E-state index contributed by atoms with van der Waals surface area (Å²) in [5.41, 5.74) is 0. The molecule has 1 unspecified atom stereocenters. The molecule has 1 aliphatic carbocycles. The number of rotatable bonds is 9. The molecule has 1 N–H and O–H groups in total. The summed E-state index contributed by atoms with van der Waals surface area (Å²) in [5.74, 6) is 2.21. The third-order valence-corrected chi connectivity index (χ3v) is 5.17. The van der Waals surface area contributed by atoms with Crippen LogP contribution in [0, 0.1) is 5.92 Å². The third-order valence-electron chi connectivity index (χ3n) is 4.37. The molecule has 0 bridgehead atoms. The van der Waals surface area contributed by atoms with Crippen molar-refractivity contribution in [1.29, 1.82) is 0 Å². The maximum absolute atomic E-state index is 12.3. The molecule has 1 atom stereocenters. The summed E-state index contributed by atoms with van der Waals surface area (Å²) in [5, 5.41) is 7.84. The molecule has 3 rings (SSSR count). The molecule has 0 spiro atoms. The molecule has 0 saturated heterocycles. The van der Waals surface area contributed by atoms with Crippen molar-refractivity contribution in [3.05, 3.63) is 40.0 Å². The molecule has 27 heavy (non-hydrogen) atoms. The number of carbonyl (C=O) groups excluding carboxylic acids is 1. The quantitative estimate of drug-likeness (QED) is 0.591. The van der Waals surface area contributed by atoms with Crippen LogP contribution in [0.25, 0.3) is 0 Å². The second kappa shape index (κ2) is 8.93. The van der Waals surface area contributed by atoms with E-state index < -0.39 is 0 Å². The van der Waals surface area contributed by atoms with Crippen LogP contribution in [0.3, 0.4) is 0 Å². The standard InChI is InChI=1S/C19H23Cl2N3O3/c1-11(2)17(19-23-18(24-27-19)12-8-9-12)22-15(25)7-4-10-26-14-6-3-5-13(20)16(14)21/h3,5-6,11-12,17H,4,7-10H2,1-2H3,(H,22,25). The molecule has 1 saturated carbocycles. The van der Waals surface area contributed by atoms with Gasteiger partial charge in [0.15, 0.2) is 5.82 Å². The van der Waals surface area contributed by atoms with Crippen molar-refractivity contribution < 1.29 is 14.1 Å². The average Bonchev–Trinajstić information content (AvgIpc) is 3.37. The number of ether oxygens (including phenoxy) is 1. The minimum Gasteiger partial charge on any atom is -0.492 e. The predicted molar refractivity (Wildman–Crippen MR) is 103 cm³/mol. The number of carbonyl (C=O) groups is 1. The molecule has 1 fully saturated rings. The van der Waals surface area contributed by atoms with Gasteiger partial charge in [0, 0.05) is 12.3 Å². The Labute approximate surface area is 168 Å². The zero-order valence-electron chi connectivity index (χ0n) is 15.4. The van der Waals surface area contributed by atoms with Crippen LogP contribution in [0.4, 0.5) is 0 Å². The number of hydrogen-bond donors (Lipinski definition) is 1. The second-order valence-electron chi connectivity index (χ2n) is 7.06. The van der Waals surface area contributed by atoms with Gasteiger partial charge in [0.25, 0.3) is 0 Å². The molecule has 1 aromatic carbocycles. The Bertz CT molecular complexity index is 790. The Kier molecular flexibility index (Phi) is 6.60. The molecule has 8 heteroatoms. The van der Waals surface area contributed by atoms with Gasteiger partial charge in [0.1, 0.15) is 16.8 Å². The first kappa shape index (κ1) is 20.0. The van der Waals surface area contributed by atoms with Crippen LogP contribution in [0.1, 0.15) is 63.2 Å². The van der Waals surface area contributed by atoms with E-state index in [1.807, 2.05) is 13.8 Å². The van der Waals surface area contributed by atoms with Crippen LogP contribution in [-0.4, -0.2) is 22.7 Å². The highest BCUT2D eigenvalue weighted by Gasteiger charge is 2.31. The van der Waals surface area contributed by atoms with Gasteiger partial charge in [-0.3, -0.25) is 4.79 Å². The summed E-state index contributed by atoms with van der Waals surface area (Å²) in [6.07, 6.45) is 3.09. The summed E-state index contributed by atoms with van der Waals surface area (Å²) >= 11 is 12.0. The molecule has 0 radical (unpaired) electrons. The summed E-state index contributed by atoms with van der Waals surface area (Å²) in [4.78, 5) is 16.8. The van der Waals surface area contributed by atoms with Crippen molar-refractivity contribution >= 4 is 29.1 Å². The van der Waals surface area contributed by atoms with Crippen molar-refractivity contribution in [1.82, 2.24) is 15.5 Å². The van der Waals surface area contributed by atoms with E-state index in [1.165, 1.54) is 0 Å². The Morgan fingerprint density at radius 2 is 2.15 bits per heavy atom. The molecule has 1 heterocycles. The van der Waals surface area contributed by atoms with Crippen LogP contribution >= 0.6 is 23.2 Å². The van der Waals surface area contributed by atoms with E-state index in [9.17, 15) is 4.79 Å². The number of halogens is 2. The smallest absolute Gasteiger partial charge is 0.249 e. The van der Waals surface area contributed by atoms with Gasteiger partial charge < -0.3 is 14.6 Å². The molecule has 6 nitrogen and oxygen atoms in total. The Balaban J connectivity index is 1.47. The molecule has 146 valence electrons. The first-order valence-corrected chi connectivity index (χ1v) is 9.91. The molecule has 0 aliphatic heterocycles. The van der Waals surface area contributed by atoms with Crippen molar-refractivity contribution in [2.75, 3.05) is 6.61 Å². The number of aromatic nitrogens is 2. The number of hydrogen-bond acceptors (Lipinski definition) is 5. The molecular formula is C19H23Cl2N3O3. The van der Waals surface area contributed by atoms with Crippen LogP contribution in [0.15, 0.2) is 22.7 Å². The average molecular weight is 412 g/mol. The van der Waals surface area contributed by atoms with Gasteiger partial charge in [0.05, 0.1) is 11.6 Å². The first-order chi connectivity index (χ1) is 13.0. The fraction of sp³-hybridized carbons (Fsp3) is 0.526. The van der Waals surface area contributed by atoms with Crippen molar-refractivity contribution in [2.45, 2.75) is 51.5 Å². The van der Waals surface area contributed by atoms with E-state index in [0.717, 1.165) is 18.7 Å². The third kappa shape index (κ3) is 5.36. The normalized spacial score (nSPS) is 15.0. The minimum atomic E-state index is -0.291. The number of benzene rings is 1. The minimum absolute atomic E-state index is 0.0827. The van der Waals surface area contributed by atoms with Crippen molar-refractivity contribution in [2.24, 2.45) is 5.92 Å². The second-order valence-corrected chi connectivity index (χ2v) is 7.84. The van der Waals surface area contributed by atoms with E-state index in [0.29, 0.717) is 47.1 Å². The van der Waals surface area contributed by atoms with Crippen molar-refractivity contribution in [3.63, 3.8) is 0 Å². The topological polar surface area (TPSA) is 77.2 Å². The molecule has 1 aliphatic rings. The predicted octanol–water partition coefficient (Wildman–Crippen LogP) is 4.93. The van der Waals surface area contributed by atoms with Crippen molar-refractivity contribution in [3.8, 4) is 5.75 Å². The van der Waals surface area contributed by atoms with Gasteiger partial charge >= 0.3 is 0 Å². The SMILES string of the molecule is CC(C)C(NC(=O)CCCOc1cccc(Cl)c1Cl)c1nc(C2CC2)no1. The van der Waals surface area contributed by atoms with Gasteiger partial charge in [-0.25, -0.2) is 0 Å². The molecular weight excluding hydrogens is 389 g/mol. The number of nitrogens with zero attached hydrogens (tertiary/aromatic N) is 2. The lowest BCUT2D eigenvalue weighted by Crippen LogP contribution is -2.32. The van der Waals surface area contributed by atoms with E-state index in [-0.39, 0.29) is 17.9 Å². The summed E-state index contributed by atoms with van der Waals surface area (Å²) in [6, 6.07) is 4.92. The number of amides is 1. The highest BCUT2D eigenvalue weighted by molar-refractivity contribution is 6.42. The maximum Gasteiger partial charge on any atom is 0.249 e. The first-order valence-electron chi connectivity index (χ1n) is 9.15. The van der Waals surface area contributed by atoms with Crippen LogP contribution < -0.4 is 10.1 Å². The summed E-state index contributed by atoms with van der Waals surface area (Å²) < 4.78 is 11.0. The largest absolute Gasteiger partial charge is 0.492 e. The highest BCUT2D eigenvalue weighted by Crippen LogP contribution is 2.38. The fourth-order valence-corrected chi connectivity index (χ4v) is 3.00. The van der Waals surface area contributed by atoms with E-state index in [1.54, 1.807) is 18.2 Å². The van der Waals surface area contributed by atoms with E-state index in [4.69, 9.17) is 32.5 Å². The summed E-state index contributed by atoms with van der Waals surface area (Å²) in [6.45, 7) is 4.39. The fourth-order valence-electron chi connectivity index (χ4n) is 2.65. The van der Waals surface area contributed by atoms with Gasteiger partial charge in [0.2, 0.25) is 11.8 Å². The monoisotopic (exact) mass is 411 g/mol. The lowest BCUT2D eigenvalue weighted by molar-refractivity contribution is -0.122. The van der Waals surface area contributed by atoms with E-state index >= 15 is 0 Å². The highest BCUT2D eigenvalue weighted by atomic mass is 35.5. The molecule has 1 aromatic heterocycles. The summed E-state index contributed by atoms with van der Waals surface area (Å²) in [7, 11) is 0. The van der Waals surface area contributed by atoms with Crippen LogP contribution in [0.2, 0.25) is 10.0 Å². The van der Waals surface area contributed by atoms with Gasteiger partial charge in [-0.15, -0.1) is 0 Å². The zero-order chi connectivity index (χ0) is 19.4. The van der Waals surface area contributed by atoms with Crippen LogP contribution in [0.5, 0.6) is 5.75 Å². The number of nitrogens with one attached hydrogen (secondary N) is 1. The zero-order valence-corrected chi connectivity index (χ0v) is 16.9. The van der Waals surface area contributed by atoms with Gasteiger partial charge in [-0.2, -0.15) is 4.98 Å². The lowest BCUT2D eigenvalue weighted by atomic mass is 10.0. The molecule has 2 aromatic rings. The van der Waals surface area contributed by atoms with E-state index in [2.05, 4.69) is 15.5 Å². The van der Waals surface area contributed by atoms with Crippen LogP contribution in [-0.2, 0) is 4.79 Å². The Hall–Kier alpha value is -1.79. The van der Waals surface area contributed by atoms with Gasteiger partial charge in [-0.1, -0.05) is 48.3 Å².